The Labute approximate surface area is 160 Å². The summed E-state index contributed by atoms with van der Waals surface area (Å²) >= 11 is 6.21. The van der Waals surface area contributed by atoms with Crippen molar-refractivity contribution in [1.29, 1.82) is 0 Å². The second kappa shape index (κ2) is 6.56. The number of fused-ring (bicyclic) bond motifs is 1. The molecule has 0 aromatic heterocycles. The molecule has 4 nitrogen and oxygen atoms in total. The third kappa shape index (κ3) is 3.13. The molecule has 1 aromatic carbocycles. The highest BCUT2D eigenvalue weighted by atomic mass is 35.5. The molecule has 5 heteroatoms. The van der Waals surface area contributed by atoms with Gasteiger partial charge in [-0.3, -0.25) is 9.59 Å². The molecular weight excluding hydrogens is 348 g/mol. The highest BCUT2D eigenvalue weighted by molar-refractivity contribution is 6.30. The van der Waals surface area contributed by atoms with Crippen molar-refractivity contribution in [1.82, 2.24) is 10.6 Å². The molecule has 2 amide bonds. The average molecular weight is 375 g/mol. The van der Waals surface area contributed by atoms with Crippen LogP contribution in [-0.4, -0.2) is 17.4 Å². The van der Waals surface area contributed by atoms with E-state index in [4.69, 9.17) is 11.6 Å². The quantitative estimate of drug-likeness (QED) is 0.813. The van der Waals surface area contributed by atoms with E-state index in [-0.39, 0.29) is 28.8 Å². The summed E-state index contributed by atoms with van der Waals surface area (Å²) in [6, 6.07) is 7.94. The fourth-order valence-corrected chi connectivity index (χ4v) is 5.83. The van der Waals surface area contributed by atoms with Gasteiger partial charge in [0.25, 0.3) is 0 Å². The van der Waals surface area contributed by atoms with Crippen LogP contribution in [-0.2, 0) is 9.59 Å². The van der Waals surface area contributed by atoms with Crippen molar-refractivity contribution in [2.75, 3.05) is 0 Å². The van der Waals surface area contributed by atoms with Crippen LogP contribution in [0.4, 0.5) is 0 Å². The molecule has 2 bridgehead atoms. The number of hydrogen-bond donors (Lipinski definition) is 2. The van der Waals surface area contributed by atoms with Gasteiger partial charge in [0.2, 0.25) is 11.8 Å². The summed E-state index contributed by atoms with van der Waals surface area (Å²) in [5.41, 5.74) is 0.680. The van der Waals surface area contributed by atoms with Crippen molar-refractivity contribution >= 4 is 23.4 Å². The van der Waals surface area contributed by atoms with E-state index in [1.165, 1.54) is 12.8 Å². The first kappa shape index (κ1) is 17.8. The number of benzene rings is 1. The van der Waals surface area contributed by atoms with Crippen LogP contribution in [0.2, 0.25) is 5.02 Å². The largest absolute Gasteiger partial charge is 0.351 e. The Bertz CT molecular complexity index is 720. The Morgan fingerprint density at radius 3 is 2.58 bits per heavy atom. The summed E-state index contributed by atoms with van der Waals surface area (Å²) in [6.07, 6.45) is 8.09. The van der Waals surface area contributed by atoms with Gasteiger partial charge in [0, 0.05) is 17.5 Å². The van der Waals surface area contributed by atoms with Gasteiger partial charge in [-0.25, -0.2) is 0 Å². The SMILES string of the molecule is CC(=O)NC12CCC(C(=O)N[C@H](c3cccc(Cl)c3)C3CCCC3)(C1)C2. The molecule has 26 heavy (non-hydrogen) atoms. The molecule has 5 rings (SSSR count). The molecule has 0 unspecified atom stereocenters. The van der Waals surface area contributed by atoms with E-state index in [1.807, 2.05) is 18.2 Å². The van der Waals surface area contributed by atoms with Crippen LogP contribution in [0.5, 0.6) is 0 Å². The Morgan fingerprint density at radius 1 is 1.19 bits per heavy atom. The molecule has 1 atom stereocenters. The van der Waals surface area contributed by atoms with Gasteiger partial charge in [0.15, 0.2) is 0 Å². The first-order chi connectivity index (χ1) is 12.4. The predicted molar refractivity (Wildman–Crippen MR) is 102 cm³/mol. The van der Waals surface area contributed by atoms with Crippen LogP contribution in [0.1, 0.15) is 69.9 Å². The van der Waals surface area contributed by atoms with Gasteiger partial charge in [-0.05, 0) is 62.1 Å². The Balaban J connectivity index is 1.50. The van der Waals surface area contributed by atoms with Crippen molar-refractivity contribution in [2.45, 2.75) is 69.9 Å². The Morgan fingerprint density at radius 2 is 1.92 bits per heavy atom. The fraction of sp³-hybridized carbons (Fsp3) is 0.619. The van der Waals surface area contributed by atoms with Crippen LogP contribution in [0.15, 0.2) is 24.3 Å². The molecular formula is C21H27ClN2O2. The van der Waals surface area contributed by atoms with Gasteiger partial charge < -0.3 is 10.6 Å². The lowest BCUT2D eigenvalue weighted by Crippen LogP contribution is -2.59. The van der Waals surface area contributed by atoms with Gasteiger partial charge in [-0.2, -0.15) is 0 Å². The minimum Gasteiger partial charge on any atom is -0.351 e. The van der Waals surface area contributed by atoms with Crippen molar-refractivity contribution < 1.29 is 9.59 Å². The van der Waals surface area contributed by atoms with E-state index in [0.717, 1.165) is 44.1 Å². The van der Waals surface area contributed by atoms with E-state index in [1.54, 1.807) is 6.92 Å². The van der Waals surface area contributed by atoms with E-state index in [0.29, 0.717) is 10.9 Å². The maximum absolute atomic E-state index is 13.2. The van der Waals surface area contributed by atoms with Crippen molar-refractivity contribution in [3.63, 3.8) is 0 Å². The molecule has 4 aliphatic carbocycles. The number of hydrogen-bond acceptors (Lipinski definition) is 2. The molecule has 140 valence electrons. The lowest BCUT2D eigenvalue weighted by atomic mass is 9.64. The summed E-state index contributed by atoms with van der Waals surface area (Å²) in [5.74, 6) is 0.645. The van der Waals surface area contributed by atoms with Crippen molar-refractivity contribution in [3.05, 3.63) is 34.9 Å². The van der Waals surface area contributed by atoms with Crippen LogP contribution in [0, 0.1) is 11.3 Å². The van der Waals surface area contributed by atoms with E-state index in [9.17, 15) is 9.59 Å². The van der Waals surface area contributed by atoms with Crippen molar-refractivity contribution in [2.24, 2.45) is 11.3 Å². The van der Waals surface area contributed by atoms with Gasteiger partial charge in [0.05, 0.1) is 11.5 Å². The number of nitrogens with one attached hydrogen (secondary N) is 2. The fourth-order valence-electron chi connectivity index (χ4n) is 5.63. The topological polar surface area (TPSA) is 58.2 Å². The third-order valence-electron chi connectivity index (χ3n) is 6.72. The summed E-state index contributed by atoms with van der Waals surface area (Å²) in [5, 5.41) is 7.17. The molecule has 4 saturated carbocycles. The molecule has 4 fully saturated rings. The van der Waals surface area contributed by atoms with Crippen LogP contribution in [0.25, 0.3) is 0 Å². The highest BCUT2D eigenvalue weighted by Crippen LogP contribution is 2.61. The molecule has 4 aliphatic rings. The summed E-state index contributed by atoms with van der Waals surface area (Å²) in [4.78, 5) is 24.6. The maximum Gasteiger partial charge on any atom is 0.226 e. The number of halogens is 1. The number of carbonyl (C=O) groups excluding carboxylic acids is 2. The highest BCUT2D eigenvalue weighted by Gasteiger charge is 2.65. The number of amides is 2. The average Bonchev–Trinajstić information content (AvgIpc) is 3.26. The van der Waals surface area contributed by atoms with E-state index >= 15 is 0 Å². The molecule has 0 aliphatic heterocycles. The lowest BCUT2D eigenvalue weighted by molar-refractivity contribution is -0.139. The molecule has 1 aromatic rings. The second-order valence-corrected chi connectivity index (χ2v) is 9.08. The number of rotatable bonds is 5. The summed E-state index contributed by atoms with van der Waals surface area (Å²) in [6.45, 7) is 1.56. The summed E-state index contributed by atoms with van der Waals surface area (Å²) in [7, 11) is 0. The van der Waals surface area contributed by atoms with E-state index < -0.39 is 0 Å². The third-order valence-corrected chi connectivity index (χ3v) is 6.96. The smallest absolute Gasteiger partial charge is 0.226 e. The van der Waals surface area contributed by atoms with Crippen LogP contribution < -0.4 is 10.6 Å². The van der Waals surface area contributed by atoms with Gasteiger partial charge in [0.1, 0.15) is 0 Å². The Kier molecular flexibility index (Phi) is 4.50. The zero-order chi connectivity index (χ0) is 18.4. The van der Waals surface area contributed by atoms with Crippen molar-refractivity contribution in [3.8, 4) is 0 Å². The lowest BCUT2D eigenvalue weighted by Gasteiger charge is -2.47. The molecule has 0 spiro atoms. The van der Waals surface area contributed by atoms with Crippen LogP contribution in [0.3, 0.4) is 0 Å². The molecule has 0 radical (unpaired) electrons. The first-order valence-electron chi connectivity index (χ1n) is 9.77. The minimum atomic E-state index is -0.294. The second-order valence-electron chi connectivity index (χ2n) is 8.65. The Hall–Kier alpha value is -1.55. The number of carbonyl (C=O) groups is 2. The standard InChI is InChI=1S/C21H27ClN2O2/c1-14(25)24-21-10-9-20(12-21,13-21)19(26)23-18(15-5-2-3-6-15)16-7-4-8-17(22)11-16/h4,7-8,11,15,18H,2-3,5-6,9-10,12-13H2,1H3,(H,23,26)(H,24,25)/t18-,20?,21?/m0/s1. The first-order valence-corrected chi connectivity index (χ1v) is 10.1. The van der Waals surface area contributed by atoms with E-state index in [2.05, 4.69) is 16.7 Å². The maximum atomic E-state index is 13.2. The van der Waals surface area contributed by atoms with Gasteiger partial charge in [-0.15, -0.1) is 0 Å². The molecule has 0 heterocycles. The predicted octanol–water partition coefficient (Wildman–Crippen LogP) is 4.14. The minimum absolute atomic E-state index is 0.00340. The molecule has 2 N–H and O–H groups in total. The normalized spacial score (nSPS) is 31.3. The van der Waals surface area contributed by atoms with Gasteiger partial charge >= 0.3 is 0 Å². The monoisotopic (exact) mass is 374 g/mol. The van der Waals surface area contributed by atoms with Crippen LogP contribution >= 0.6 is 11.6 Å². The zero-order valence-electron chi connectivity index (χ0n) is 15.3. The summed E-state index contributed by atoms with van der Waals surface area (Å²) < 4.78 is 0. The van der Waals surface area contributed by atoms with Gasteiger partial charge in [-0.1, -0.05) is 36.6 Å². The molecule has 0 saturated heterocycles. The zero-order valence-corrected chi connectivity index (χ0v) is 16.1.